The average molecular weight is 322 g/mol. The van der Waals surface area contributed by atoms with Crippen LogP contribution in [-0.2, 0) is 11.3 Å². The predicted molar refractivity (Wildman–Crippen MR) is 85.0 cm³/mol. The Hall–Kier alpha value is -1.95. The summed E-state index contributed by atoms with van der Waals surface area (Å²) in [7, 11) is 0. The third kappa shape index (κ3) is 3.44. The molecule has 0 bridgehead atoms. The molecule has 1 aromatic heterocycles. The first-order chi connectivity index (χ1) is 10.3. The zero-order valence-corrected chi connectivity index (χ0v) is 14.0. The highest BCUT2D eigenvalue weighted by atomic mass is 35.5. The zero-order chi connectivity index (χ0) is 16.3. The van der Waals surface area contributed by atoms with E-state index in [9.17, 15) is 4.79 Å². The number of hydrogen-bond acceptors (Lipinski definition) is 4. The fourth-order valence-corrected chi connectivity index (χ4v) is 1.95. The summed E-state index contributed by atoms with van der Waals surface area (Å²) in [4.78, 5) is 12.1. The minimum atomic E-state index is -0.625. The van der Waals surface area contributed by atoms with Gasteiger partial charge < -0.3 is 5.32 Å². The molecule has 0 saturated carbocycles. The molecule has 1 N–H and O–H groups in total. The van der Waals surface area contributed by atoms with Crippen molar-refractivity contribution in [3.05, 3.63) is 35.2 Å². The van der Waals surface area contributed by atoms with Crippen molar-refractivity contribution >= 4 is 17.5 Å². The van der Waals surface area contributed by atoms with Crippen LogP contribution in [0.3, 0.4) is 0 Å². The number of benzene rings is 1. The maximum atomic E-state index is 12.1. The Bertz CT molecular complexity index is 680. The van der Waals surface area contributed by atoms with Gasteiger partial charge in [-0.15, -0.1) is 16.7 Å². The van der Waals surface area contributed by atoms with Gasteiger partial charge in [-0.2, -0.15) is 4.68 Å². The second-order valence-corrected chi connectivity index (χ2v) is 6.24. The lowest BCUT2D eigenvalue weighted by Gasteiger charge is -2.20. The van der Waals surface area contributed by atoms with Crippen LogP contribution in [0.1, 0.15) is 30.8 Å². The summed E-state index contributed by atoms with van der Waals surface area (Å²) in [5, 5.41) is 14.5. The molecule has 118 valence electrons. The van der Waals surface area contributed by atoms with E-state index < -0.39 is 5.41 Å². The van der Waals surface area contributed by atoms with Gasteiger partial charge >= 0.3 is 0 Å². The van der Waals surface area contributed by atoms with Crippen molar-refractivity contribution in [1.82, 2.24) is 25.5 Å². The van der Waals surface area contributed by atoms with Crippen LogP contribution in [0.2, 0.25) is 0 Å². The van der Waals surface area contributed by atoms with Crippen molar-refractivity contribution in [2.75, 3.05) is 5.88 Å². The highest BCUT2D eigenvalue weighted by Gasteiger charge is 2.26. The van der Waals surface area contributed by atoms with E-state index in [2.05, 4.69) is 20.8 Å². The Morgan fingerprint density at radius 2 is 2.05 bits per heavy atom. The van der Waals surface area contributed by atoms with Gasteiger partial charge in [0.05, 0.1) is 17.6 Å². The summed E-state index contributed by atoms with van der Waals surface area (Å²) in [6, 6.07) is 5.98. The molecule has 0 aliphatic carbocycles. The summed E-state index contributed by atoms with van der Waals surface area (Å²) >= 11 is 5.80. The number of carbonyl (C=O) groups excluding carboxylic acids is 1. The number of amides is 1. The lowest BCUT2D eigenvalue weighted by Crippen LogP contribution is -2.38. The van der Waals surface area contributed by atoms with Crippen molar-refractivity contribution in [3.63, 3.8) is 0 Å². The quantitative estimate of drug-likeness (QED) is 0.857. The molecule has 0 spiro atoms. The van der Waals surface area contributed by atoms with E-state index in [4.69, 9.17) is 11.6 Å². The van der Waals surface area contributed by atoms with Crippen molar-refractivity contribution < 1.29 is 4.79 Å². The summed E-state index contributed by atoms with van der Waals surface area (Å²) in [5.41, 5.74) is 2.61. The molecule has 2 rings (SSSR count). The van der Waals surface area contributed by atoms with Gasteiger partial charge in [0.1, 0.15) is 0 Å². The monoisotopic (exact) mass is 321 g/mol. The molecule has 0 aliphatic rings. The van der Waals surface area contributed by atoms with Crippen LogP contribution in [-0.4, -0.2) is 32.0 Å². The molecule has 0 unspecified atom stereocenters. The molecule has 1 heterocycles. The SMILES string of the molecule is Cc1ccc(-n2nnnc2CNC(=O)C(C)(C)CCl)cc1C. The molecule has 22 heavy (non-hydrogen) atoms. The number of nitrogens with zero attached hydrogens (tertiary/aromatic N) is 4. The largest absolute Gasteiger partial charge is 0.348 e. The van der Waals surface area contributed by atoms with Gasteiger partial charge in [-0.1, -0.05) is 6.07 Å². The predicted octanol–water partition coefficient (Wildman–Crippen LogP) is 2.16. The molecule has 1 aromatic carbocycles. The smallest absolute Gasteiger partial charge is 0.227 e. The Labute approximate surface area is 134 Å². The van der Waals surface area contributed by atoms with Gasteiger partial charge in [-0.25, -0.2) is 0 Å². The van der Waals surface area contributed by atoms with Crippen molar-refractivity contribution in [3.8, 4) is 5.69 Å². The molecule has 0 atom stereocenters. The van der Waals surface area contributed by atoms with Crippen LogP contribution in [0.15, 0.2) is 18.2 Å². The van der Waals surface area contributed by atoms with E-state index >= 15 is 0 Å². The molecule has 2 aromatic rings. The number of tetrazole rings is 1. The van der Waals surface area contributed by atoms with Gasteiger partial charge in [0.2, 0.25) is 5.91 Å². The number of aryl methyl sites for hydroxylation is 2. The third-order valence-electron chi connectivity index (χ3n) is 3.62. The third-order valence-corrected chi connectivity index (χ3v) is 4.29. The van der Waals surface area contributed by atoms with E-state index in [0.29, 0.717) is 5.82 Å². The van der Waals surface area contributed by atoms with E-state index in [-0.39, 0.29) is 18.3 Å². The van der Waals surface area contributed by atoms with Crippen molar-refractivity contribution in [2.24, 2.45) is 5.41 Å². The summed E-state index contributed by atoms with van der Waals surface area (Å²) in [6.07, 6.45) is 0. The van der Waals surface area contributed by atoms with Crippen LogP contribution in [0, 0.1) is 19.3 Å². The van der Waals surface area contributed by atoms with Gasteiger partial charge in [-0.05, 0) is 61.4 Å². The van der Waals surface area contributed by atoms with Gasteiger partial charge in [0.15, 0.2) is 5.82 Å². The number of rotatable bonds is 5. The van der Waals surface area contributed by atoms with Crippen LogP contribution >= 0.6 is 11.6 Å². The molecule has 0 fully saturated rings. The standard InChI is InChI=1S/C15H20ClN5O/c1-10-5-6-12(7-11(10)2)21-13(18-19-20-21)8-17-14(22)15(3,4)9-16/h5-7H,8-9H2,1-4H3,(H,17,22). The molecular formula is C15H20ClN5O. The number of hydrogen-bond donors (Lipinski definition) is 1. The van der Waals surface area contributed by atoms with Crippen molar-refractivity contribution in [2.45, 2.75) is 34.2 Å². The molecule has 0 radical (unpaired) electrons. The van der Waals surface area contributed by atoms with Gasteiger partial charge in [0, 0.05) is 5.88 Å². The first-order valence-corrected chi connectivity index (χ1v) is 7.58. The summed E-state index contributed by atoms with van der Waals surface area (Å²) in [6.45, 7) is 7.92. The minimum Gasteiger partial charge on any atom is -0.348 e. The van der Waals surface area contributed by atoms with E-state index in [1.807, 2.05) is 32.0 Å². The van der Waals surface area contributed by atoms with Gasteiger partial charge in [-0.3, -0.25) is 4.79 Å². The number of alkyl halides is 1. The number of nitrogens with one attached hydrogen (secondary N) is 1. The minimum absolute atomic E-state index is 0.128. The zero-order valence-electron chi connectivity index (χ0n) is 13.2. The van der Waals surface area contributed by atoms with Crippen LogP contribution in [0.5, 0.6) is 0 Å². The Kier molecular flexibility index (Phi) is 4.81. The first-order valence-electron chi connectivity index (χ1n) is 7.04. The molecule has 6 nitrogen and oxygen atoms in total. The second kappa shape index (κ2) is 6.44. The lowest BCUT2D eigenvalue weighted by molar-refractivity contribution is -0.128. The molecule has 1 amide bonds. The van der Waals surface area contributed by atoms with Crippen molar-refractivity contribution in [1.29, 1.82) is 0 Å². The Morgan fingerprint density at radius 1 is 1.32 bits per heavy atom. The summed E-state index contributed by atoms with van der Waals surface area (Å²) in [5.74, 6) is 0.695. The number of carbonyl (C=O) groups is 1. The Balaban J connectivity index is 2.16. The topological polar surface area (TPSA) is 72.7 Å². The van der Waals surface area contributed by atoms with E-state index in [1.54, 1.807) is 18.5 Å². The lowest BCUT2D eigenvalue weighted by atomic mass is 9.95. The first kappa shape index (κ1) is 16.4. The van der Waals surface area contributed by atoms with E-state index in [1.165, 1.54) is 5.56 Å². The number of halogens is 1. The molecule has 0 saturated heterocycles. The maximum Gasteiger partial charge on any atom is 0.227 e. The summed E-state index contributed by atoms with van der Waals surface area (Å²) < 4.78 is 1.63. The van der Waals surface area contributed by atoms with Gasteiger partial charge in [0.25, 0.3) is 0 Å². The average Bonchev–Trinajstić information content (AvgIpc) is 2.96. The normalized spacial score (nSPS) is 11.5. The maximum absolute atomic E-state index is 12.1. The van der Waals surface area contributed by atoms with Crippen LogP contribution < -0.4 is 5.32 Å². The second-order valence-electron chi connectivity index (χ2n) is 5.98. The molecule has 7 heteroatoms. The number of aromatic nitrogens is 4. The molecular weight excluding hydrogens is 302 g/mol. The molecule has 0 aliphatic heterocycles. The Morgan fingerprint density at radius 3 is 2.68 bits per heavy atom. The fourth-order valence-electron chi connectivity index (χ4n) is 1.83. The highest BCUT2D eigenvalue weighted by molar-refractivity contribution is 6.19. The van der Waals surface area contributed by atoms with Crippen LogP contribution in [0.4, 0.5) is 0 Å². The van der Waals surface area contributed by atoms with Crippen LogP contribution in [0.25, 0.3) is 5.69 Å². The highest BCUT2D eigenvalue weighted by Crippen LogP contribution is 2.17. The van der Waals surface area contributed by atoms with E-state index in [0.717, 1.165) is 11.3 Å². The fraction of sp³-hybridized carbons (Fsp3) is 0.467.